The van der Waals surface area contributed by atoms with Crippen LogP contribution in [0.4, 0.5) is 13.2 Å². The Balaban J connectivity index is 1.79. The summed E-state index contributed by atoms with van der Waals surface area (Å²) < 4.78 is 41.2. The molecule has 152 valence electrons. The number of amides is 1. The normalized spacial score (nSPS) is 15.4. The molecule has 1 unspecified atom stereocenters. The molecule has 8 heteroatoms. The Labute approximate surface area is 162 Å². The Hall–Kier alpha value is -2.35. The molecule has 2 aromatic rings. The molecule has 0 radical (unpaired) electrons. The monoisotopic (exact) mass is 394 g/mol. The van der Waals surface area contributed by atoms with Gasteiger partial charge in [-0.15, -0.1) is 0 Å². The van der Waals surface area contributed by atoms with Crippen LogP contribution in [0.15, 0.2) is 30.3 Å². The quantitative estimate of drug-likeness (QED) is 0.819. The fraction of sp³-hybridized carbons (Fsp3) is 0.500. The summed E-state index contributed by atoms with van der Waals surface area (Å²) in [7, 11) is 3.81. The smallest absolute Gasteiger partial charge is 0.346 e. The van der Waals surface area contributed by atoms with Crippen molar-refractivity contribution in [3.05, 3.63) is 52.8 Å². The summed E-state index contributed by atoms with van der Waals surface area (Å²) in [4.78, 5) is 14.6. The fourth-order valence-electron chi connectivity index (χ4n) is 3.69. The molecule has 1 aliphatic rings. The number of benzene rings is 1. The number of carbonyl (C=O) groups is 1. The van der Waals surface area contributed by atoms with Gasteiger partial charge in [0.1, 0.15) is 6.54 Å². The Morgan fingerprint density at radius 2 is 1.89 bits per heavy atom. The molecule has 1 aromatic heterocycles. The molecular weight excluding hydrogens is 369 g/mol. The lowest BCUT2D eigenvalue weighted by atomic mass is 9.95. The minimum Gasteiger partial charge on any atom is -0.346 e. The summed E-state index contributed by atoms with van der Waals surface area (Å²) in [6, 6.07) is 9.27. The molecule has 1 aliphatic carbocycles. The maximum absolute atomic E-state index is 13.3. The number of rotatable bonds is 6. The largest absolute Gasteiger partial charge is 0.435 e. The van der Waals surface area contributed by atoms with Gasteiger partial charge in [0, 0.05) is 17.8 Å². The number of alkyl halides is 3. The van der Waals surface area contributed by atoms with E-state index >= 15 is 0 Å². The summed E-state index contributed by atoms with van der Waals surface area (Å²) in [5.41, 5.74) is 0.892. The highest BCUT2D eigenvalue weighted by Crippen LogP contribution is 2.35. The predicted octanol–water partition coefficient (Wildman–Crippen LogP) is 3.20. The minimum absolute atomic E-state index is 0.213. The molecular formula is C20H25F3N4O. The Bertz CT molecular complexity index is 815. The molecule has 3 rings (SSSR count). The molecule has 1 atom stereocenters. The zero-order valence-corrected chi connectivity index (χ0v) is 16.1. The van der Waals surface area contributed by atoms with Gasteiger partial charge in [-0.2, -0.15) is 18.3 Å². The Kier molecular flexibility index (Phi) is 6.07. The number of hydrogen-bond donors (Lipinski definition) is 1. The molecule has 1 heterocycles. The lowest BCUT2D eigenvalue weighted by Crippen LogP contribution is -2.37. The van der Waals surface area contributed by atoms with Gasteiger partial charge in [0.05, 0.1) is 6.04 Å². The third-order valence-electron chi connectivity index (χ3n) is 4.90. The van der Waals surface area contributed by atoms with Crippen LogP contribution in [0, 0.1) is 0 Å². The first kappa shape index (κ1) is 20.4. The van der Waals surface area contributed by atoms with E-state index in [9.17, 15) is 18.0 Å². The van der Waals surface area contributed by atoms with Crippen molar-refractivity contribution in [1.82, 2.24) is 20.0 Å². The van der Waals surface area contributed by atoms with Crippen LogP contribution >= 0.6 is 0 Å². The van der Waals surface area contributed by atoms with E-state index in [1.165, 1.54) is 4.68 Å². The zero-order chi connectivity index (χ0) is 20.3. The van der Waals surface area contributed by atoms with Crippen LogP contribution in [-0.2, 0) is 30.4 Å². The Morgan fingerprint density at radius 1 is 1.21 bits per heavy atom. The van der Waals surface area contributed by atoms with Gasteiger partial charge < -0.3 is 10.2 Å². The lowest BCUT2D eigenvalue weighted by molar-refractivity contribution is -0.142. The molecule has 0 spiro atoms. The molecule has 0 aliphatic heterocycles. The first-order valence-electron chi connectivity index (χ1n) is 9.40. The van der Waals surface area contributed by atoms with Gasteiger partial charge in [0.15, 0.2) is 5.69 Å². The molecule has 1 N–H and O–H groups in total. The van der Waals surface area contributed by atoms with Crippen LogP contribution < -0.4 is 5.32 Å². The first-order valence-corrected chi connectivity index (χ1v) is 9.40. The van der Waals surface area contributed by atoms with Crippen LogP contribution in [0.25, 0.3) is 0 Å². The van der Waals surface area contributed by atoms with Crippen LogP contribution in [0.3, 0.4) is 0 Å². The van der Waals surface area contributed by atoms with Crippen LogP contribution in [0.2, 0.25) is 0 Å². The van der Waals surface area contributed by atoms with E-state index in [2.05, 4.69) is 10.4 Å². The van der Waals surface area contributed by atoms with Gasteiger partial charge in [-0.25, -0.2) is 0 Å². The molecule has 0 saturated carbocycles. The van der Waals surface area contributed by atoms with E-state index in [4.69, 9.17) is 0 Å². The van der Waals surface area contributed by atoms with Crippen LogP contribution in [-0.4, -0.2) is 41.2 Å². The number of nitrogens with zero attached hydrogens (tertiary/aromatic N) is 3. The van der Waals surface area contributed by atoms with Gasteiger partial charge >= 0.3 is 6.18 Å². The van der Waals surface area contributed by atoms with Crippen molar-refractivity contribution in [1.29, 1.82) is 0 Å². The predicted molar refractivity (Wildman–Crippen MR) is 99.8 cm³/mol. The van der Waals surface area contributed by atoms with Gasteiger partial charge in [-0.3, -0.25) is 9.48 Å². The highest BCUT2D eigenvalue weighted by molar-refractivity contribution is 5.76. The second kappa shape index (κ2) is 8.34. The summed E-state index contributed by atoms with van der Waals surface area (Å²) in [5.74, 6) is -0.347. The molecule has 0 saturated heterocycles. The van der Waals surface area contributed by atoms with E-state index in [-0.39, 0.29) is 24.1 Å². The van der Waals surface area contributed by atoms with Crippen LogP contribution in [0.1, 0.15) is 41.4 Å². The summed E-state index contributed by atoms with van der Waals surface area (Å²) in [6.45, 7) is 0.371. The number of carbonyl (C=O) groups excluding carboxylic acids is 1. The molecule has 0 fully saturated rings. The standard InChI is InChI=1S/C20H25F3N4O/c1-26(2)12-16(14-8-4-3-5-9-14)24-18(28)13-27-17-11-7-6-10-15(17)19(25-27)20(21,22)23/h3-5,8-9,16H,6-7,10-13H2,1-2H3,(H,24,28). The van der Waals surface area contributed by atoms with E-state index < -0.39 is 11.9 Å². The molecule has 1 amide bonds. The highest BCUT2D eigenvalue weighted by atomic mass is 19.4. The van der Waals surface area contributed by atoms with E-state index in [0.717, 1.165) is 12.0 Å². The second-order valence-corrected chi connectivity index (χ2v) is 7.43. The van der Waals surface area contributed by atoms with E-state index in [0.29, 0.717) is 31.5 Å². The van der Waals surface area contributed by atoms with Crippen molar-refractivity contribution < 1.29 is 18.0 Å². The number of likely N-dealkylation sites (N-methyl/N-ethyl adjacent to an activating group) is 1. The third kappa shape index (κ3) is 4.73. The topological polar surface area (TPSA) is 50.2 Å². The average molecular weight is 394 g/mol. The number of nitrogens with one attached hydrogen (secondary N) is 1. The molecule has 5 nitrogen and oxygen atoms in total. The SMILES string of the molecule is CN(C)CC(NC(=O)Cn1nc(C(F)(F)F)c2c1CCCC2)c1ccccc1. The number of fused-ring (bicyclic) bond motifs is 1. The van der Waals surface area contributed by atoms with E-state index in [1.807, 2.05) is 49.3 Å². The van der Waals surface area contributed by atoms with Crippen molar-refractivity contribution >= 4 is 5.91 Å². The first-order chi connectivity index (χ1) is 13.3. The van der Waals surface area contributed by atoms with Crippen molar-refractivity contribution in [2.45, 2.75) is 44.4 Å². The third-order valence-corrected chi connectivity index (χ3v) is 4.90. The summed E-state index contributed by atoms with van der Waals surface area (Å²) in [6.07, 6.45) is -2.09. The lowest BCUT2D eigenvalue weighted by Gasteiger charge is -2.23. The molecule has 28 heavy (non-hydrogen) atoms. The number of halogens is 3. The van der Waals surface area contributed by atoms with E-state index in [1.54, 1.807) is 0 Å². The van der Waals surface area contributed by atoms with Crippen molar-refractivity contribution in [3.8, 4) is 0 Å². The summed E-state index contributed by atoms with van der Waals surface area (Å²) in [5, 5.41) is 6.71. The maximum Gasteiger partial charge on any atom is 0.435 e. The van der Waals surface area contributed by atoms with Gasteiger partial charge in [0.25, 0.3) is 0 Å². The second-order valence-electron chi connectivity index (χ2n) is 7.43. The Morgan fingerprint density at radius 3 is 2.54 bits per heavy atom. The van der Waals surface area contributed by atoms with Crippen molar-refractivity contribution in [3.63, 3.8) is 0 Å². The average Bonchev–Trinajstić information content (AvgIpc) is 3.00. The summed E-state index contributed by atoms with van der Waals surface area (Å²) >= 11 is 0. The van der Waals surface area contributed by atoms with Crippen molar-refractivity contribution in [2.24, 2.45) is 0 Å². The molecule has 1 aromatic carbocycles. The van der Waals surface area contributed by atoms with Gasteiger partial charge in [-0.1, -0.05) is 30.3 Å². The highest BCUT2D eigenvalue weighted by Gasteiger charge is 2.39. The molecule has 0 bridgehead atoms. The van der Waals surface area contributed by atoms with Crippen LogP contribution in [0.5, 0.6) is 0 Å². The minimum atomic E-state index is -4.50. The van der Waals surface area contributed by atoms with Gasteiger partial charge in [-0.05, 0) is 45.3 Å². The van der Waals surface area contributed by atoms with Crippen molar-refractivity contribution in [2.75, 3.05) is 20.6 Å². The maximum atomic E-state index is 13.3. The number of aromatic nitrogens is 2. The number of hydrogen-bond acceptors (Lipinski definition) is 3. The fourth-order valence-corrected chi connectivity index (χ4v) is 3.69. The zero-order valence-electron chi connectivity index (χ0n) is 16.1. The van der Waals surface area contributed by atoms with Gasteiger partial charge in [0.2, 0.25) is 5.91 Å².